The van der Waals surface area contributed by atoms with Crippen LogP contribution in [0.15, 0.2) is 29.3 Å². The summed E-state index contributed by atoms with van der Waals surface area (Å²) >= 11 is 0. The predicted molar refractivity (Wildman–Crippen MR) is 107 cm³/mol. The molecule has 146 valence electrons. The summed E-state index contributed by atoms with van der Waals surface area (Å²) in [6, 6.07) is 7.69. The van der Waals surface area contributed by atoms with Gasteiger partial charge in [-0.05, 0) is 38.1 Å². The second kappa shape index (κ2) is 13.1. The summed E-state index contributed by atoms with van der Waals surface area (Å²) in [6.45, 7) is 6.86. The molecule has 26 heavy (non-hydrogen) atoms. The van der Waals surface area contributed by atoms with Crippen molar-refractivity contribution < 1.29 is 9.53 Å². The van der Waals surface area contributed by atoms with Crippen LogP contribution in [-0.4, -0.2) is 77.3 Å². The monoisotopic (exact) mass is 363 g/mol. The van der Waals surface area contributed by atoms with Gasteiger partial charge in [0.1, 0.15) is 0 Å². The molecular weight excluding hydrogens is 330 g/mol. The zero-order chi connectivity index (χ0) is 19.2. The number of nitrogens with zero attached hydrogens (tertiary/aromatic N) is 2. The molecule has 0 aliphatic carbocycles. The molecule has 0 spiro atoms. The topological polar surface area (TPSA) is 78.0 Å². The second-order valence-corrected chi connectivity index (χ2v) is 6.01. The number of ether oxygens (including phenoxy) is 1. The van der Waals surface area contributed by atoms with Crippen LogP contribution in [0.5, 0.6) is 0 Å². The van der Waals surface area contributed by atoms with Gasteiger partial charge in [-0.15, -0.1) is 0 Å². The van der Waals surface area contributed by atoms with Gasteiger partial charge >= 0.3 is 0 Å². The van der Waals surface area contributed by atoms with Crippen LogP contribution >= 0.6 is 0 Å². The quantitative estimate of drug-likeness (QED) is 0.399. The molecule has 0 aliphatic heterocycles. The number of rotatable bonds is 11. The van der Waals surface area contributed by atoms with Crippen LogP contribution in [0, 0.1) is 0 Å². The largest absolute Gasteiger partial charge is 0.383 e. The molecule has 0 bridgehead atoms. The van der Waals surface area contributed by atoms with Crippen molar-refractivity contribution in [3.63, 3.8) is 0 Å². The van der Waals surface area contributed by atoms with E-state index in [4.69, 9.17) is 4.74 Å². The van der Waals surface area contributed by atoms with Crippen LogP contribution in [0.3, 0.4) is 0 Å². The highest BCUT2D eigenvalue weighted by Crippen LogP contribution is 2.05. The minimum absolute atomic E-state index is 0.0627. The number of carbonyl (C=O) groups excluding carboxylic acids is 1. The van der Waals surface area contributed by atoms with Gasteiger partial charge in [-0.1, -0.05) is 12.1 Å². The van der Waals surface area contributed by atoms with Crippen LogP contribution < -0.4 is 16.0 Å². The van der Waals surface area contributed by atoms with E-state index in [0.29, 0.717) is 5.56 Å². The lowest BCUT2D eigenvalue weighted by atomic mass is 10.1. The van der Waals surface area contributed by atoms with Gasteiger partial charge in [0.05, 0.1) is 13.2 Å². The van der Waals surface area contributed by atoms with Crippen molar-refractivity contribution in [2.45, 2.75) is 13.3 Å². The SMILES string of the molecule is CCNC(=NCCN(C)CCOC)NCCc1cccc(C(=O)NC)c1. The molecule has 0 saturated carbocycles. The number of benzene rings is 1. The maximum absolute atomic E-state index is 11.7. The number of guanidine groups is 1. The van der Waals surface area contributed by atoms with Crippen molar-refractivity contribution in [3.05, 3.63) is 35.4 Å². The summed E-state index contributed by atoms with van der Waals surface area (Å²) in [7, 11) is 5.42. The molecule has 3 N–H and O–H groups in total. The van der Waals surface area contributed by atoms with E-state index in [1.54, 1.807) is 14.2 Å². The fraction of sp³-hybridized carbons (Fsp3) is 0.579. The van der Waals surface area contributed by atoms with Gasteiger partial charge in [-0.2, -0.15) is 0 Å². The predicted octanol–water partition coefficient (Wildman–Crippen LogP) is 0.722. The molecule has 0 atom stereocenters. The molecule has 0 fully saturated rings. The van der Waals surface area contributed by atoms with E-state index in [-0.39, 0.29) is 5.91 Å². The van der Waals surface area contributed by atoms with Crippen LogP contribution in [0.1, 0.15) is 22.8 Å². The van der Waals surface area contributed by atoms with Crippen LogP contribution in [0.4, 0.5) is 0 Å². The van der Waals surface area contributed by atoms with Crippen molar-refractivity contribution >= 4 is 11.9 Å². The summed E-state index contributed by atoms with van der Waals surface area (Å²) in [5.41, 5.74) is 1.80. The first kappa shape index (κ1) is 21.9. The highest BCUT2D eigenvalue weighted by Gasteiger charge is 2.04. The number of amides is 1. The number of carbonyl (C=O) groups is 1. The van der Waals surface area contributed by atoms with Gasteiger partial charge in [0.25, 0.3) is 5.91 Å². The summed E-state index contributed by atoms with van der Waals surface area (Å²) in [4.78, 5) is 18.5. The van der Waals surface area contributed by atoms with Gasteiger partial charge in [0.15, 0.2) is 5.96 Å². The average Bonchev–Trinajstić information content (AvgIpc) is 2.66. The lowest BCUT2D eigenvalue weighted by molar-refractivity contribution is 0.0963. The zero-order valence-electron chi connectivity index (χ0n) is 16.5. The fourth-order valence-electron chi connectivity index (χ4n) is 2.37. The molecule has 1 aromatic carbocycles. The molecule has 1 amide bonds. The van der Waals surface area contributed by atoms with E-state index < -0.39 is 0 Å². The zero-order valence-corrected chi connectivity index (χ0v) is 16.5. The minimum Gasteiger partial charge on any atom is -0.383 e. The minimum atomic E-state index is -0.0627. The van der Waals surface area contributed by atoms with Crippen molar-refractivity contribution in [2.75, 3.05) is 60.5 Å². The molecule has 0 radical (unpaired) electrons. The number of likely N-dealkylation sites (N-methyl/N-ethyl adjacent to an activating group) is 1. The van der Waals surface area contributed by atoms with Gasteiger partial charge < -0.3 is 25.6 Å². The van der Waals surface area contributed by atoms with Crippen LogP contribution in [0.25, 0.3) is 0 Å². The smallest absolute Gasteiger partial charge is 0.251 e. The van der Waals surface area contributed by atoms with Gasteiger partial charge in [-0.3, -0.25) is 9.79 Å². The third-order valence-corrected chi connectivity index (χ3v) is 3.90. The number of hydrogen-bond donors (Lipinski definition) is 3. The first-order valence-corrected chi connectivity index (χ1v) is 9.11. The van der Waals surface area contributed by atoms with Crippen molar-refractivity contribution in [3.8, 4) is 0 Å². The van der Waals surface area contributed by atoms with Crippen molar-refractivity contribution in [1.82, 2.24) is 20.9 Å². The Morgan fingerprint density at radius 3 is 2.77 bits per heavy atom. The number of nitrogens with one attached hydrogen (secondary N) is 3. The number of hydrogen-bond acceptors (Lipinski definition) is 4. The summed E-state index contributed by atoms with van der Waals surface area (Å²) in [6.07, 6.45) is 0.822. The van der Waals surface area contributed by atoms with Crippen molar-refractivity contribution in [2.24, 2.45) is 4.99 Å². The maximum atomic E-state index is 11.7. The van der Waals surface area contributed by atoms with Gasteiger partial charge in [0.2, 0.25) is 0 Å². The average molecular weight is 364 g/mol. The molecule has 0 aliphatic rings. The Kier molecular flexibility index (Phi) is 11.1. The Morgan fingerprint density at radius 1 is 1.27 bits per heavy atom. The molecule has 0 unspecified atom stereocenters. The molecule has 0 heterocycles. The van der Waals surface area contributed by atoms with E-state index in [2.05, 4.69) is 39.8 Å². The molecule has 7 nitrogen and oxygen atoms in total. The first-order valence-electron chi connectivity index (χ1n) is 9.11. The summed E-state index contributed by atoms with van der Waals surface area (Å²) in [5.74, 6) is 0.752. The molecular formula is C19H33N5O2. The van der Waals surface area contributed by atoms with Crippen LogP contribution in [0.2, 0.25) is 0 Å². The van der Waals surface area contributed by atoms with Gasteiger partial charge in [-0.25, -0.2) is 0 Å². The van der Waals surface area contributed by atoms with E-state index in [1.807, 2.05) is 24.3 Å². The highest BCUT2D eigenvalue weighted by molar-refractivity contribution is 5.94. The number of methoxy groups -OCH3 is 1. The third kappa shape index (κ3) is 8.82. The summed E-state index contributed by atoms with van der Waals surface area (Å²) in [5, 5.41) is 9.25. The van der Waals surface area contributed by atoms with E-state index >= 15 is 0 Å². The third-order valence-electron chi connectivity index (χ3n) is 3.90. The Hall–Kier alpha value is -2.12. The molecule has 1 rings (SSSR count). The van der Waals surface area contributed by atoms with E-state index in [1.165, 1.54) is 0 Å². The lowest BCUT2D eigenvalue weighted by Crippen LogP contribution is -2.39. The molecule has 1 aromatic rings. The molecule has 0 aromatic heterocycles. The van der Waals surface area contributed by atoms with E-state index in [9.17, 15) is 4.79 Å². The normalized spacial score (nSPS) is 11.5. The summed E-state index contributed by atoms with van der Waals surface area (Å²) < 4.78 is 5.08. The Morgan fingerprint density at radius 2 is 2.08 bits per heavy atom. The Balaban J connectivity index is 2.45. The molecule has 0 saturated heterocycles. The standard InChI is InChI=1S/C19H33N5O2/c1-5-21-19(23-11-12-24(3)13-14-26-4)22-10-9-16-7-6-8-17(15-16)18(25)20-2/h6-8,15H,5,9-14H2,1-4H3,(H,20,25)(H2,21,22,23). The molecule has 7 heteroatoms. The lowest BCUT2D eigenvalue weighted by Gasteiger charge is -2.15. The number of aliphatic imine (C=N–C) groups is 1. The first-order chi connectivity index (χ1) is 12.6. The second-order valence-electron chi connectivity index (χ2n) is 6.01. The van der Waals surface area contributed by atoms with Gasteiger partial charge in [0, 0.05) is 45.9 Å². The maximum Gasteiger partial charge on any atom is 0.251 e. The van der Waals surface area contributed by atoms with E-state index in [0.717, 1.165) is 57.3 Å². The Labute approximate surface area is 157 Å². The fourth-order valence-corrected chi connectivity index (χ4v) is 2.37. The highest BCUT2D eigenvalue weighted by atomic mass is 16.5. The van der Waals surface area contributed by atoms with Crippen LogP contribution in [-0.2, 0) is 11.2 Å². The van der Waals surface area contributed by atoms with Crippen molar-refractivity contribution in [1.29, 1.82) is 0 Å². The Bertz CT molecular complexity index is 563.